The fourth-order valence-corrected chi connectivity index (χ4v) is 7.20. The van der Waals surface area contributed by atoms with Crippen LogP contribution in [-0.2, 0) is 4.79 Å². The standard InChI is InChI=1S/C20H30O3/c1-17(2)13-5-6-20-8-7-18(3,11-20)15(22)9-14(20)19(13,4)10-12(21)16(17)23/h7-8,12-14,16,21,23H,5-6,9-11H2,1-4H3. The number of carbonyl (C=O) groups is 1. The summed E-state index contributed by atoms with van der Waals surface area (Å²) in [5.41, 5.74) is -0.514. The number of rotatable bonds is 0. The average molecular weight is 318 g/mol. The van der Waals surface area contributed by atoms with Gasteiger partial charge in [-0.15, -0.1) is 0 Å². The third kappa shape index (κ3) is 1.76. The molecule has 3 nitrogen and oxygen atoms in total. The fraction of sp³-hybridized carbons (Fsp3) is 0.850. The maximum Gasteiger partial charge on any atom is 0.142 e. The molecule has 3 saturated carbocycles. The second-order valence-corrected chi connectivity index (χ2v) is 9.98. The molecule has 23 heavy (non-hydrogen) atoms. The number of hydrogen-bond donors (Lipinski definition) is 2. The van der Waals surface area contributed by atoms with E-state index in [-0.39, 0.29) is 21.7 Å². The third-order valence-corrected chi connectivity index (χ3v) is 8.36. The normalized spacial score (nSPS) is 57.0. The Morgan fingerprint density at radius 3 is 2.48 bits per heavy atom. The number of allylic oxidation sites excluding steroid dienone is 2. The Balaban J connectivity index is 1.80. The lowest BCUT2D eigenvalue weighted by molar-refractivity contribution is -0.213. The molecular weight excluding hydrogens is 288 g/mol. The van der Waals surface area contributed by atoms with E-state index in [1.54, 1.807) is 0 Å². The first-order chi connectivity index (χ1) is 10.6. The molecule has 0 aromatic rings. The second kappa shape index (κ2) is 4.29. The quantitative estimate of drug-likeness (QED) is 0.675. The molecule has 0 aliphatic heterocycles. The predicted molar refractivity (Wildman–Crippen MR) is 88.7 cm³/mol. The minimum atomic E-state index is -0.685. The minimum absolute atomic E-state index is 0.0773. The van der Waals surface area contributed by atoms with E-state index >= 15 is 0 Å². The highest BCUT2D eigenvalue weighted by molar-refractivity contribution is 5.89. The summed E-state index contributed by atoms with van der Waals surface area (Å²) in [7, 11) is 0. The molecule has 7 atom stereocenters. The lowest BCUT2D eigenvalue weighted by Gasteiger charge is -2.65. The van der Waals surface area contributed by atoms with Gasteiger partial charge >= 0.3 is 0 Å². The Bertz CT molecular complexity index is 594. The van der Waals surface area contributed by atoms with Crippen LogP contribution in [0.4, 0.5) is 0 Å². The highest BCUT2D eigenvalue weighted by Crippen LogP contribution is 2.70. The van der Waals surface area contributed by atoms with Crippen LogP contribution in [0.1, 0.15) is 59.8 Å². The van der Waals surface area contributed by atoms with Crippen LogP contribution in [0.5, 0.6) is 0 Å². The number of hydrogen-bond acceptors (Lipinski definition) is 3. The van der Waals surface area contributed by atoms with Gasteiger partial charge in [0.15, 0.2) is 0 Å². The van der Waals surface area contributed by atoms with Gasteiger partial charge in [-0.3, -0.25) is 4.79 Å². The zero-order valence-electron chi connectivity index (χ0n) is 14.8. The molecule has 0 amide bonds. The first-order valence-corrected chi connectivity index (χ1v) is 9.15. The average Bonchev–Trinajstić information content (AvgIpc) is 2.75. The van der Waals surface area contributed by atoms with E-state index in [1.165, 1.54) is 0 Å². The molecular formula is C20H30O3. The van der Waals surface area contributed by atoms with Crippen molar-refractivity contribution in [2.45, 2.75) is 72.0 Å². The van der Waals surface area contributed by atoms with Crippen molar-refractivity contribution in [1.82, 2.24) is 0 Å². The van der Waals surface area contributed by atoms with Gasteiger partial charge in [0, 0.05) is 11.8 Å². The molecule has 2 bridgehead atoms. The summed E-state index contributed by atoms with van der Waals surface area (Å²) in [6.07, 6.45) is 7.55. The number of aliphatic hydroxyl groups excluding tert-OH is 2. The first-order valence-electron chi connectivity index (χ1n) is 9.15. The SMILES string of the molecule is CC12C=CC3(CCC4C(C)(C)C(O)C(O)CC4(C)C3CC1=O)C2. The van der Waals surface area contributed by atoms with Crippen LogP contribution >= 0.6 is 0 Å². The highest BCUT2D eigenvalue weighted by atomic mass is 16.3. The molecule has 4 aliphatic rings. The van der Waals surface area contributed by atoms with Crippen molar-refractivity contribution in [3.05, 3.63) is 12.2 Å². The number of aliphatic hydroxyl groups is 2. The van der Waals surface area contributed by atoms with Crippen molar-refractivity contribution in [3.8, 4) is 0 Å². The Kier molecular flexibility index (Phi) is 2.95. The fourth-order valence-electron chi connectivity index (χ4n) is 7.20. The highest BCUT2D eigenvalue weighted by Gasteiger charge is 2.67. The molecule has 0 aromatic carbocycles. The summed E-state index contributed by atoms with van der Waals surface area (Å²) >= 11 is 0. The molecule has 0 heterocycles. The van der Waals surface area contributed by atoms with Gasteiger partial charge in [0.1, 0.15) is 5.78 Å². The Morgan fingerprint density at radius 2 is 1.78 bits per heavy atom. The Morgan fingerprint density at radius 1 is 1.09 bits per heavy atom. The van der Waals surface area contributed by atoms with E-state index in [4.69, 9.17) is 0 Å². The third-order valence-electron chi connectivity index (χ3n) is 8.36. The van der Waals surface area contributed by atoms with Gasteiger partial charge in [0.2, 0.25) is 0 Å². The molecule has 128 valence electrons. The monoisotopic (exact) mass is 318 g/mol. The van der Waals surface area contributed by atoms with Gasteiger partial charge in [-0.1, -0.05) is 32.9 Å². The van der Waals surface area contributed by atoms with E-state index in [1.807, 2.05) is 0 Å². The lowest BCUT2D eigenvalue weighted by atomic mass is 9.39. The maximum atomic E-state index is 12.8. The van der Waals surface area contributed by atoms with Crippen LogP contribution < -0.4 is 0 Å². The van der Waals surface area contributed by atoms with Crippen LogP contribution in [0, 0.1) is 33.5 Å². The molecule has 4 rings (SSSR count). The molecule has 4 aliphatic carbocycles. The van der Waals surface area contributed by atoms with Gasteiger partial charge in [0.05, 0.1) is 12.2 Å². The van der Waals surface area contributed by atoms with Gasteiger partial charge in [0.25, 0.3) is 0 Å². The molecule has 0 aromatic heterocycles. The van der Waals surface area contributed by atoms with Gasteiger partial charge in [-0.2, -0.15) is 0 Å². The summed E-state index contributed by atoms with van der Waals surface area (Å²) in [4.78, 5) is 12.8. The second-order valence-electron chi connectivity index (χ2n) is 9.98. The number of Topliss-reactive ketones (excluding diaryl/α,β-unsaturated/α-hetero) is 1. The van der Waals surface area contributed by atoms with Crippen LogP contribution in [-0.4, -0.2) is 28.2 Å². The zero-order chi connectivity index (χ0) is 16.8. The Hall–Kier alpha value is -0.670. The smallest absolute Gasteiger partial charge is 0.142 e. The van der Waals surface area contributed by atoms with Crippen molar-refractivity contribution in [3.63, 3.8) is 0 Å². The summed E-state index contributed by atoms with van der Waals surface area (Å²) < 4.78 is 0. The summed E-state index contributed by atoms with van der Waals surface area (Å²) in [5.74, 6) is 1.02. The van der Waals surface area contributed by atoms with Crippen molar-refractivity contribution in [2.75, 3.05) is 0 Å². The molecule has 1 spiro atoms. The topological polar surface area (TPSA) is 57.5 Å². The van der Waals surface area contributed by atoms with E-state index in [9.17, 15) is 15.0 Å². The van der Waals surface area contributed by atoms with Crippen LogP contribution in [0.25, 0.3) is 0 Å². The van der Waals surface area contributed by atoms with Gasteiger partial charge in [-0.05, 0) is 60.7 Å². The van der Waals surface area contributed by atoms with E-state index < -0.39 is 12.2 Å². The van der Waals surface area contributed by atoms with Crippen LogP contribution in [0.15, 0.2) is 12.2 Å². The number of fused-ring (bicyclic) bond motifs is 3. The van der Waals surface area contributed by atoms with Crippen molar-refractivity contribution in [2.24, 2.45) is 33.5 Å². The van der Waals surface area contributed by atoms with Gasteiger partial charge in [-0.25, -0.2) is 0 Å². The van der Waals surface area contributed by atoms with Crippen LogP contribution in [0.3, 0.4) is 0 Å². The number of carbonyl (C=O) groups excluding carboxylic acids is 1. The molecule has 7 unspecified atom stereocenters. The first kappa shape index (κ1) is 15.8. The largest absolute Gasteiger partial charge is 0.390 e. The zero-order valence-corrected chi connectivity index (χ0v) is 14.8. The minimum Gasteiger partial charge on any atom is -0.390 e. The van der Waals surface area contributed by atoms with Crippen LogP contribution in [0.2, 0.25) is 0 Å². The molecule has 3 fully saturated rings. The van der Waals surface area contributed by atoms with E-state index in [2.05, 4.69) is 39.8 Å². The summed E-state index contributed by atoms with van der Waals surface area (Å²) in [6, 6.07) is 0. The summed E-state index contributed by atoms with van der Waals surface area (Å²) in [6.45, 7) is 8.57. The maximum absolute atomic E-state index is 12.8. The van der Waals surface area contributed by atoms with Crippen molar-refractivity contribution >= 4 is 5.78 Å². The van der Waals surface area contributed by atoms with E-state index in [0.717, 1.165) is 19.3 Å². The predicted octanol–water partition coefficient (Wildman–Crippen LogP) is 3.10. The number of ketones is 1. The van der Waals surface area contributed by atoms with Gasteiger partial charge < -0.3 is 10.2 Å². The molecule has 0 radical (unpaired) electrons. The summed E-state index contributed by atoms with van der Waals surface area (Å²) in [5, 5.41) is 21.1. The molecule has 3 heteroatoms. The molecule has 2 N–H and O–H groups in total. The lowest BCUT2D eigenvalue weighted by Crippen LogP contribution is -2.64. The van der Waals surface area contributed by atoms with Crippen molar-refractivity contribution < 1.29 is 15.0 Å². The Labute approximate surface area is 139 Å². The van der Waals surface area contributed by atoms with Crippen molar-refractivity contribution in [1.29, 1.82) is 0 Å². The molecule has 0 saturated heterocycles. The van der Waals surface area contributed by atoms with E-state index in [0.29, 0.717) is 30.5 Å².